The fourth-order valence-electron chi connectivity index (χ4n) is 12.3. The number of carbonyl (C=O) groups excluding carboxylic acids is 4. The Morgan fingerprint density at radius 1 is 0.417 bits per heavy atom. The van der Waals surface area contributed by atoms with Gasteiger partial charge in [-0.25, -0.2) is 19.6 Å². The number of rotatable bonds is 37. The van der Waals surface area contributed by atoms with Crippen molar-refractivity contribution in [2.24, 2.45) is 23.7 Å². The fourth-order valence-corrected chi connectivity index (χ4v) is 12.3. The predicted octanol–water partition coefficient (Wildman–Crippen LogP) is 15.4. The van der Waals surface area contributed by atoms with Gasteiger partial charge in [-0.15, -0.1) is 0 Å². The van der Waals surface area contributed by atoms with E-state index in [1.807, 2.05) is 72.8 Å². The third-order valence-electron chi connectivity index (χ3n) is 17.8. The Kier molecular flexibility index (Phi) is 24.9. The van der Waals surface area contributed by atoms with Crippen molar-refractivity contribution < 1.29 is 76.0 Å². The quantitative estimate of drug-likeness (QED) is 0.00674. The van der Waals surface area contributed by atoms with E-state index in [0.717, 1.165) is 175 Å². The first kappa shape index (κ1) is 68.3. The number of carbonyl (C=O) groups is 4. The molecule has 96 heavy (non-hydrogen) atoms. The average Bonchev–Trinajstić information content (AvgIpc) is 0.846. The SMILES string of the molecule is C=CC(=O)OCCCCCCOc1ccc(OC(=O)C2CCC(COc3ccc4c5ccc(OCC6CCC(C(=O)Oc7ccc(OCCCCCCOC8CO8)cc7)CC6)cc5c5nc6ccc(-c7cccc(OCCOCCOC(=O)C=C)c7)cc6nc5c4c3)CC2)cc1. The molecule has 504 valence electrons. The van der Waals surface area contributed by atoms with Crippen molar-refractivity contribution in [2.75, 3.05) is 72.7 Å². The normalized spacial score (nSPS) is 17.5. The van der Waals surface area contributed by atoms with Crippen molar-refractivity contribution in [3.05, 3.63) is 153 Å². The zero-order chi connectivity index (χ0) is 66.3. The summed E-state index contributed by atoms with van der Waals surface area (Å²) in [6, 6.07) is 40.9. The van der Waals surface area contributed by atoms with Crippen LogP contribution in [0.1, 0.15) is 103 Å². The second-order valence-electron chi connectivity index (χ2n) is 24.8. The Morgan fingerprint density at radius 2 is 0.875 bits per heavy atom. The molecule has 0 bridgehead atoms. The van der Waals surface area contributed by atoms with E-state index in [0.29, 0.717) is 88.7 Å². The summed E-state index contributed by atoms with van der Waals surface area (Å²) in [4.78, 5) is 60.1. The number of unbranched alkanes of at least 4 members (excludes halogenated alkanes) is 6. The maximum absolute atomic E-state index is 13.4. The fraction of sp³-hybridized carbons (Fsp3) is 0.410. The van der Waals surface area contributed by atoms with Crippen LogP contribution >= 0.6 is 0 Å². The van der Waals surface area contributed by atoms with E-state index in [1.165, 1.54) is 6.08 Å². The molecule has 1 aliphatic heterocycles. The molecule has 0 amide bonds. The van der Waals surface area contributed by atoms with Gasteiger partial charge in [0.25, 0.3) is 0 Å². The number of nitrogens with zero attached hydrogens (tertiary/aromatic N) is 2. The summed E-state index contributed by atoms with van der Waals surface area (Å²) in [5.41, 5.74) is 4.82. The minimum atomic E-state index is -0.490. The van der Waals surface area contributed by atoms with Gasteiger partial charge in [0.1, 0.15) is 60.1 Å². The molecule has 2 aliphatic carbocycles. The number of hydrogen-bond donors (Lipinski definition) is 0. The summed E-state index contributed by atoms with van der Waals surface area (Å²) in [7, 11) is 0. The predicted molar refractivity (Wildman–Crippen MR) is 366 cm³/mol. The second kappa shape index (κ2) is 35.1. The van der Waals surface area contributed by atoms with Gasteiger partial charge in [-0.2, -0.15) is 0 Å². The number of hydrogen-bond acceptors (Lipinski definition) is 18. The number of ether oxygens (including phenoxy) is 12. The van der Waals surface area contributed by atoms with Gasteiger partial charge in [-0.1, -0.05) is 37.8 Å². The summed E-state index contributed by atoms with van der Waals surface area (Å²) in [6.07, 6.45) is 16.2. The molecule has 1 unspecified atom stereocenters. The van der Waals surface area contributed by atoms with Crippen LogP contribution in [0, 0.1) is 23.7 Å². The molecule has 2 saturated carbocycles. The zero-order valence-corrected chi connectivity index (χ0v) is 54.6. The molecule has 18 nitrogen and oxygen atoms in total. The monoisotopic (exact) mass is 1310 g/mol. The number of epoxide rings is 1. The van der Waals surface area contributed by atoms with Gasteiger partial charge < -0.3 is 56.8 Å². The molecular formula is C78H86N2O16. The summed E-state index contributed by atoms with van der Waals surface area (Å²) < 4.78 is 69.0. The molecule has 7 aromatic carbocycles. The highest BCUT2D eigenvalue weighted by molar-refractivity contribution is 6.24. The van der Waals surface area contributed by atoms with Gasteiger partial charge in [-0.05, 0) is 239 Å². The summed E-state index contributed by atoms with van der Waals surface area (Å²) in [6.45, 7) is 11.9. The molecule has 11 rings (SSSR count). The Morgan fingerprint density at radius 3 is 1.42 bits per heavy atom. The highest BCUT2D eigenvalue weighted by atomic mass is 16.8. The van der Waals surface area contributed by atoms with E-state index in [4.69, 9.17) is 66.8 Å². The number of aromatic nitrogens is 2. The Hall–Kier alpha value is -9.10. The van der Waals surface area contributed by atoms with Crippen molar-refractivity contribution in [3.8, 4) is 51.4 Å². The molecule has 3 aliphatic rings. The van der Waals surface area contributed by atoms with Crippen LogP contribution in [0.5, 0.6) is 40.2 Å². The zero-order valence-electron chi connectivity index (χ0n) is 54.6. The van der Waals surface area contributed by atoms with E-state index < -0.39 is 11.9 Å². The van der Waals surface area contributed by atoms with E-state index in [-0.39, 0.29) is 55.1 Å². The molecule has 1 aromatic heterocycles. The molecule has 2 heterocycles. The minimum absolute atomic E-state index is 0.0184. The van der Waals surface area contributed by atoms with E-state index in [1.54, 1.807) is 24.3 Å². The van der Waals surface area contributed by atoms with Crippen LogP contribution in [0.4, 0.5) is 0 Å². The van der Waals surface area contributed by atoms with Crippen LogP contribution in [-0.2, 0) is 42.9 Å². The maximum Gasteiger partial charge on any atom is 0.330 e. The van der Waals surface area contributed by atoms with Gasteiger partial charge in [0, 0.05) is 29.5 Å². The second-order valence-corrected chi connectivity index (χ2v) is 24.8. The van der Waals surface area contributed by atoms with Gasteiger partial charge in [-0.3, -0.25) is 9.59 Å². The van der Waals surface area contributed by atoms with Crippen LogP contribution in [0.2, 0.25) is 0 Å². The maximum atomic E-state index is 13.4. The van der Waals surface area contributed by atoms with Gasteiger partial charge >= 0.3 is 23.9 Å². The number of benzene rings is 7. The average molecular weight is 1310 g/mol. The highest BCUT2D eigenvalue weighted by Gasteiger charge is 2.30. The first-order valence-electron chi connectivity index (χ1n) is 34.0. The lowest BCUT2D eigenvalue weighted by atomic mass is 9.82. The van der Waals surface area contributed by atoms with Crippen LogP contribution in [0.25, 0.3) is 54.7 Å². The number of fused-ring (bicyclic) bond motifs is 7. The summed E-state index contributed by atoms with van der Waals surface area (Å²) >= 11 is 0. The summed E-state index contributed by atoms with van der Waals surface area (Å²) in [5.74, 6) is 3.45. The van der Waals surface area contributed by atoms with Crippen molar-refractivity contribution >= 4 is 67.5 Å². The lowest BCUT2D eigenvalue weighted by Crippen LogP contribution is -2.27. The summed E-state index contributed by atoms with van der Waals surface area (Å²) in [5, 5.41) is 3.83. The highest BCUT2D eigenvalue weighted by Crippen LogP contribution is 2.40. The van der Waals surface area contributed by atoms with E-state index >= 15 is 0 Å². The van der Waals surface area contributed by atoms with E-state index in [2.05, 4.69) is 43.5 Å². The van der Waals surface area contributed by atoms with Crippen LogP contribution in [0.15, 0.2) is 153 Å². The lowest BCUT2D eigenvalue weighted by molar-refractivity contribution is -0.141. The van der Waals surface area contributed by atoms with Crippen molar-refractivity contribution in [1.82, 2.24) is 9.97 Å². The molecule has 1 saturated heterocycles. The molecule has 0 spiro atoms. The molecule has 18 heteroatoms. The van der Waals surface area contributed by atoms with Crippen LogP contribution in [0.3, 0.4) is 0 Å². The first-order chi connectivity index (χ1) is 47.1. The van der Waals surface area contributed by atoms with Crippen LogP contribution < -0.4 is 33.2 Å². The Bertz CT molecular complexity index is 3910. The minimum Gasteiger partial charge on any atom is -0.494 e. The molecule has 3 fully saturated rings. The smallest absolute Gasteiger partial charge is 0.330 e. The van der Waals surface area contributed by atoms with Crippen molar-refractivity contribution in [2.45, 2.75) is 109 Å². The van der Waals surface area contributed by atoms with Crippen molar-refractivity contribution in [1.29, 1.82) is 0 Å². The van der Waals surface area contributed by atoms with Gasteiger partial charge in [0.15, 0.2) is 6.29 Å². The van der Waals surface area contributed by atoms with Crippen molar-refractivity contribution in [3.63, 3.8) is 0 Å². The molecular weight excluding hydrogens is 1220 g/mol. The third-order valence-corrected chi connectivity index (χ3v) is 17.8. The Labute approximate surface area is 560 Å². The first-order valence-corrected chi connectivity index (χ1v) is 34.0. The lowest BCUT2D eigenvalue weighted by Gasteiger charge is -2.27. The largest absolute Gasteiger partial charge is 0.494 e. The Balaban J connectivity index is 0.710. The van der Waals surface area contributed by atoms with E-state index in [9.17, 15) is 19.2 Å². The standard InChI is InChI=1S/C78H86N2O16/c1-3-72(81)89-40-11-7-5-9-38-86-59-25-29-61(30-26-59)95-78(84)56-22-18-54(19-23-56)51-93-65-34-36-67-66-35-33-64(92-50-53-16-20-55(21-17-53)77(83)96-62-31-27-60(28-32-62)87-39-10-6-8-12-41-91-74-52-94-74)48-68(66)75-76(69(67)49-65)80-71-47-58(24-37-70(71)79-75)57-14-13-15-63(46-57)88-44-42-85-43-45-90-73(82)4-2/h3-4,13-15,24-37,46-49,53-56,74H,1-2,5-12,16-23,38-45,50-52H2. The topological polar surface area (TPSA) is 208 Å². The van der Waals surface area contributed by atoms with Gasteiger partial charge in [0.2, 0.25) is 0 Å². The molecule has 1 atom stereocenters. The molecule has 0 N–H and O–H groups in total. The third kappa shape index (κ3) is 20.0. The number of esters is 4. The van der Waals surface area contributed by atoms with Gasteiger partial charge in [0.05, 0.1) is 80.2 Å². The molecule has 0 radical (unpaired) electrons. The van der Waals surface area contributed by atoms with Crippen LogP contribution in [-0.4, -0.2) is 113 Å². The molecule has 8 aromatic rings.